The molecule has 0 fully saturated rings. The van der Waals surface area contributed by atoms with Gasteiger partial charge in [0.2, 0.25) is 5.91 Å². The summed E-state index contributed by atoms with van der Waals surface area (Å²) < 4.78 is 5.32. The number of nitrogens with zero attached hydrogens (tertiary/aromatic N) is 1. The third kappa shape index (κ3) is 4.00. The van der Waals surface area contributed by atoms with Crippen LogP contribution in [-0.4, -0.2) is 29.0 Å². The number of carbonyl (C=O) groups excluding carboxylic acids is 2. The van der Waals surface area contributed by atoms with Crippen molar-refractivity contribution in [2.75, 3.05) is 6.54 Å². The average Bonchev–Trinajstić information content (AvgIpc) is 2.44. The maximum Gasteiger partial charge on any atom is 0.408 e. The lowest BCUT2D eigenvalue weighted by molar-refractivity contribution is -0.132. The van der Waals surface area contributed by atoms with E-state index in [2.05, 4.69) is 5.32 Å². The predicted molar refractivity (Wildman–Crippen MR) is 84.3 cm³/mol. The topological polar surface area (TPSA) is 58.6 Å². The Labute approximate surface area is 131 Å². The maximum atomic E-state index is 12.0. The van der Waals surface area contributed by atoms with Crippen molar-refractivity contribution in [1.29, 1.82) is 0 Å². The van der Waals surface area contributed by atoms with Crippen LogP contribution in [0.4, 0.5) is 4.79 Å². The molecule has 1 aliphatic rings. The van der Waals surface area contributed by atoms with Gasteiger partial charge in [0.05, 0.1) is 6.04 Å². The van der Waals surface area contributed by atoms with Gasteiger partial charge in [0, 0.05) is 19.5 Å². The van der Waals surface area contributed by atoms with E-state index in [1.807, 2.05) is 52.0 Å². The molecule has 22 heavy (non-hydrogen) atoms. The Kier molecular flexibility index (Phi) is 4.74. The molecule has 5 nitrogen and oxygen atoms in total. The van der Waals surface area contributed by atoms with Crippen molar-refractivity contribution < 1.29 is 14.3 Å². The SMILES string of the molecule is CCC(=O)N1Cc2ccccc2C(NC(=O)OC(C)(C)C)C1. The zero-order chi connectivity index (χ0) is 16.3. The highest BCUT2D eigenvalue weighted by molar-refractivity contribution is 5.76. The van der Waals surface area contributed by atoms with Gasteiger partial charge < -0.3 is 15.0 Å². The minimum Gasteiger partial charge on any atom is -0.444 e. The van der Waals surface area contributed by atoms with Crippen LogP contribution in [0, 0.1) is 0 Å². The van der Waals surface area contributed by atoms with Gasteiger partial charge in [0.1, 0.15) is 5.60 Å². The minimum absolute atomic E-state index is 0.0884. The summed E-state index contributed by atoms with van der Waals surface area (Å²) in [6.45, 7) is 8.40. The largest absolute Gasteiger partial charge is 0.444 e. The smallest absolute Gasteiger partial charge is 0.408 e. The zero-order valence-electron chi connectivity index (χ0n) is 13.7. The van der Waals surface area contributed by atoms with Crippen LogP contribution in [0.25, 0.3) is 0 Å². The fourth-order valence-electron chi connectivity index (χ4n) is 2.59. The lowest BCUT2D eigenvalue weighted by atomic mass is 9.95. The van der Waals surface area contributed by atoms with Gasteiger partial charge in [-0.2, -0.15) is 0 Å². The summed E-state index contributed by atoms with van der Waals surface area (Å²) >= 11 is 0. The fourth-order valence-corrected chi connectivity index (χ4v) is 2.59. The number of hydrogen-bond acceptors (Lipinski definition) is 3. The molecule has 5 heteroatoms. The van der Waals surface area contributed by atoms with Gasteiger partial charge in [-0.3, -0.25) is 4.79 Å². The molecule has 2 amide bonds. The van der Waals surface area contributed by atoms with Gasteiger partial charge in [0.15, 0.2) is 0 Å². The number of carbonyl (C=O) groups is 2. The van der Waals surface area contributed by atoms with Crippen molar-refractivity contribution in [3.8, 4) is 0 Å². The number of amides is 2. The van der Waals surface area contributed by atoms with Crippen LogP contribution < -0.4 is 5.32 Å². The Balaban J connectivity index is 2.18. The number of hydrogen-bond donors (Lipinski definition) is 1. The molecule has 0 saturated carbocycles. The molecule has 0 aromatic heterocycles. The van der Waals surface area contributed by atoms with Crippen molar-refractivity contribution in [2.45, 2.75) is 52.3 Å². The first-order valence-electron chi connectivity index (χ1n) is 7.65. The number of alkyl carbamates (subject to hydrolysis) is 1. The summed E-state index contributed by atoms with van der Waals surface area (Å²) in [5.74, 6) is 0.0884. The second-order valence-electron chi connectivity index (χ2n) is 6.53. The Morgan fingerprint density at radius 3 is 2.64 bits per heavy atom. The second-order valence-corrected chi connectivity index (χ2v) is 6.53. The molecule has 120 valence electrons. The summed E-state index contributed by atoms with van der Waals surface area (Å²) in [5.41, 5.74) is 1.57. The van der Waals surface area contributed by atoms with Crippen molar-refractivity contribution in [1.82, 2.24) is 10.2 Å². The molecule has 1 aromatic rings. The van der Waals surface area contributed by atoms with Crippen molar-refractivity contribution in [2.24, 2.45) is 0 Å². The number of rotatable bonds is 2. The second kappa shape index (κ2) is 6.38. The Morgan fingerprint density at radius 2 is 2.00 bits per heavy atom. The summed E-state index contributed by atoms with van der Waals surface area (Å²) in [5, 5.41) is 2.89. The van der Waals surface area contributed by atoms with E-state index in [1.54, 1.807) is 4.90 Å². The number of nitrogens with one attached hydrogen (secondary N) is 1. The molecule has 1 atom stereocenters. The molecule has 0 radical (unpaired) electrons. The molecule has 2 rings (SSSR count). The monoisotopic (exact) mass is 304 g/mol. The van der Waals surface area contributed by atoms with E-state index >= 15 is 0 Å². The van der Waals surface area contributed by atoms with Crippen LogP contribution in [0.5, 0.6) is 0 Å². The molecule has 1 aliphatic heterocycles. The third-order valence-electron chi connectivity index (χ3n) is 3.54. The van der Waals surface area contributed by atoms with Gasteiger partial charge in [0.25, 0.3) is 0 Å². The molecule has 1 N–H and O–H groups in total. The van der Waals surface area contributed by atoms with E-state index in [0.717, 1.165) is 11.1 Å². The summed E-state index contributed by atoms with van der Waals surface area (Å²) in [7, 11) is 0. The van der Waals surface area contributed by atoms with E-state index in [-0.39, 0.29) is 11.9 Å². The number of benzene rings is 1. The average molecular weight is 304 g/mol. The molecule has 0 bridgehead atoms. The highest BCUT2D eigenvalue weighted by Crippen LogP contribution is 2.27. The standard InChI is InChI=1S/C17H24N2O3/c1-5-15(20)19-10-12-8-6-7-9-13(12)14(11-19)18-16(21)22-17(2,3)4/h6-9,14H,5,10-11H2,1-4H3,(H,18,21). The van der Waals surface area contributed by atoms with Crippen LogP contribution in [0.1, 0.15) is 51.3 Å². The van der Waals surface area contributed by atoms with Crippen LogP contribution in [0.3, 0.4) is 0 Å². The van der Waals surface area contributed by atoms with Gasteiger partial charge >= 0.3 is 6.09 Å². The van der Waals surface area contributed by atoms with Crippen molar-refractivity contribution in [3.05, 3.63) is 35.4 Å². The first-order valence-corrected chi connectivity index (χ1v) is 7.65. The first kappa shape index (κ1) is 16.3. The first-order chi connectivity index (χ1) is 10.3. The summed E-state index contributed by atoms with van der Waals surface area (Å²) in [6, 6.07) is 7.64. The lowest BCUT2D eigenvalue weighted by Crippen LogP contribution is -2.45. The van der Waals surface area contributed by atoms with Crippen LogP contribution >= 0.6 is 0 Å². The van der Waals surface area contributed by atoms with E-state index in [0.29, 0.717) is 19.5 Å². The molecule has 1 unspecified atom stereocenters. The Morgan fingerprint density at radius 1 is 1.32 bits per heavy atom. The van der Waals surface area contributed by atoms with E-state index in [4.69, 9.17) is 4.74 Å². The molecule has 0 saturated heterocycles. The summed E-state index contributed by atoms with van der Waals surface area (Å²) in [6.07, 6.45) is -0.000445. The summed E-state index contributed by atoms with van der Waals surface area (Å²) in [4.78, 5) is 25.8. The fraction of sp³-hybridized carbons (Fsp3) is 0.529. The highest BCUT2D eigenvalue weighted by atomic mass is 16.6. The lowest BCUT2D eigenvalue weighted by Gasteiger charge is -2.35. The van der Waals surface area contributed by atoms with Crippen LogP contribution in [0.2, 0.25) is 0 Å². The molecular formula is C17H24N2O3. The minimum atomic E-state index is -0.544. The van der Waals surface area contributed by atoms with Crippen molar-refractivity contribution in [3.63, 3.8) is 0 Å². The van der Waals surface area contributed by atoms with E-state index in [9.17, 15) is 9.59 Å². The molecule has 0 aliphatic carbocycles. The third-order valence-corrected chi connectivity index (χ3v) is 3.54. The normalized spacial score (nSPS) is 17.6. The Hall–Kier alpha value is -2.04. The maximum absolute atomic E-state index is 12.0. The quantitative estimate of drug-likeness (QED) is 0.913. The van der Waals surface area contributed by atoms with Gasteiger partial charge in [-0.25, -0.2) is 4.79 Å². The van der Waals surface area contributed by atoms with E-state index in [1.165, 1.54) is 0 Å². The van der Waals surface area contributed by atoms with Gasteiger partial charge in [-0.15, -0.1) is 0 Å². The van der Waals surface area contributed by atoms with Gasteiger partial charge in [-0.05, 0) is 31.9 Å². The molecule has 1 heterocycles. The predicted octanol–water partition coefficient (Wildman–Crippen LogP) is 3.00. The number of ether oxygens (including phenoxy) is 1. The van der Waals surface area contributed by atoms with Crippen LogP contribution in [-0.2, 0) is 16.1 Å². The molecular weight excluding hydrogens is 280 g/mol. The molecule has 1 aromatic carbocycles. The van der Waals surface area contributed by atoms with Gasteiger partial charge in [-0.1, -0.05) is 31.2 Å². The van der Waals surface area contributed by atoms with Crippen LogP contribution in [0.15, 0.2) is 24.3 Å². The highest BCUT2D eigenvalue weighted by Gasteiger charge is 2.29. The molecule has 0 spiro atoms. The van der Waals surface area contributed by atoms with E-state index < -0.39 is 11.7 Å². The zero-order valence-corrected chi connectivity index (χ0v) is 13.7. The van der Waals surface area contributed by atoms with Crippen molar-refractivity contribution >= 4 is 12.0 Å². The Bertz CT molecular complexity index is 563. The number of fused-ring (bicyclic) bond motifs is 1.